The van der Waals surface area contributed by atoms with Crippen LogP contribution in [-0.4, -0.2) is 72.0 Å². The zero-order valence-corrected chi connectivity index (χ0v) is 35.5. The Hall–Kier alpha value is -4.89. The van der Waals surface area contributed by atoms with Crippen molar-refractivity contribution in [2.24, 2.45) is 16.5 Å². The normalized spacial score (nSPS) is 14.0. The maximum atomic E-state index is 13.6. The Morgan fingerprint density at radius 2 is 1.62 bits per heavy atom. The predicted molar refractivity (Wildman–Crippen MR) is 232 cm³/mol. The minimum atomic E-state index is -3.63. The van der Waals surface area contributed by atoms with E-state index in [1.165, 1.54) is 12.1 Å². The number of rotatable bonds is 13. The molecule has 2 aromatic heterocycles. The van der Waals surface area contributed by atoms with Gasteiger partial charge in [-0.2, -0.15) is 9.29 Å². The lowest BCUT2D eigenvalue weighted by Gasteiger charge is -2.34. The molecule has 5 aromatic rings. The summed E-state index contributed by atoms with van der Waals surface area (Å²) in [7, 11) is -3.63. The summed E-state index contributed by atoms with van der Waals surface area (Å²) in [4.78, 5) is 24.3. The van der Waals surface area contributed by atoms with E-state index in [1.807, 2.05) is 42.6 Å². The number of fused-ring (bicyclic) bond motifs is 1. The van der Waals surface area contributed by atoms with Gasteiger partial charge in [0.2, 0.25) is 10.0 Å². The average molecular weight is 814 g/mol. The predicted octanol–water partition coefficient (Wildman–Crippen LogP) is 5.87. The van der Waals surface area contributed by atoms with Crippen molar-refractivity contribution >= 4 is 27.0 Å². The molecule has 0 bridgehead atoms. The number of piperidine rings is 1. The second-order valence-corrected chi connectivity index (χ2v) is 18.8. The molecule has 3 heterocycles. The number of nitrogens with two attached hydrogens (primary N) is 2. The molecule has 58 heavy (non-hydrogen) atoms. The van der Waals surface area contributed by atoms with Crippen molar-refractivity contribution in [3.8, 4) is 5.69 Å². The van der Waals surface area contributed by atoms with Crippen LogP contribution in [0.5, 0.6) is 0 Å². The average Bonchev–Trinajstić information content (AvgIpc) is 3.61. The Morgan fingerprint density at radius 1 is 0.948 bits per heavy atom. The maximum absolute atomic E-state index is 13.6. The first-order valence-electron chi connectivity index (χ1n) is 20.0. The fraction of sp³-hybridized carbons (Fsp3) is 0.432. The summed E-state index contributed by atoms with van der Waals surface area (Å²) in [5, 5.41) is 7.58. The molecule has 1 saturated heterocycles. The summed E-state index contributed by atoms with van der Waals surface area (Å²) in [5.74, 6) is -0.159. The van der Waals surface area contributed by atoms with Crippen LogP contribution >= 0.6 is 0 Å². The topological polar surface area (TPSA) is 177 Å². The number of hydrogen-bond donors (Lipinski definition) is 5. The Morgan fingerprint density at radius 3 is 2.26 bits per heavy atom. The van der Waals surface area contributed by atoms with Crippen LogP contribution in [0.3, 0.4) is 0 Å². The molecule has 7 N–H and O–H groups in total. The van der Waals surface area contributed by atoms with Gasteiger partial charge in [-0.25, -0.2) is 17.6 Å². The van der Waals surface area contributed by atoms with Crippen molar-refractivity contribution in [2.45, 2.75) is 95.5 Å². The molecule has 0 spiro atoms. The number of hydrogen-bond acceptors (Lipinski definition) is 7. The molecule has 1 aliphatic rings. The highest BCUT2D eigenvalue weighted by molar-refractivity contribution is 7.89. The second kappa shape index (κ2) is 19.2. The van der Waals surface area contributed by atoms with Gasteiger partial charge in [-0.1, -0.05) is 77.9 Å². The third kappa shape index (κ3) is 12.1. The molecule has 0 radical (unpaired) electrons. The zero-order valence-electron chi connectivity index (χ0n) is 34.7. The molecule has 0 atom stereocenters. The van der Waals surface area contributed by atoms with Gasteiger partial charge in [-0.15, -0.1) is 0 Å². The van der Waals surface area contributed by atoms with E-state index >= 15 is 0 Å². The standard InChI is InChI=1S/C23H31FN2O2S.C21H29N7O/c1-23(2,3)19-5-4-6-22(17-19)29(27,28)26(21-11-14-25-15-12-21)16-13-18-7-9-20(24)10-8-18;1-21(2,3)17-11-15-13-28(20(29)27-18(15)26-17)16-7-5-14(6-8-16)12-24-9-4-10-25-19(22)23/h4-10,17,21,25H,11-16H2,1-3H3;5-8,11,13,24H,4,9-10,12H2,1-3H3,(H4,22,23,25)(H,26,27,29). The molecular formula is C44H60FN9O3S. The Balaban J connectivity index is 0.000000221. The summed E-state index contributed by atoms with van der Waals surface area (Å²) in [6.07, 6.45) is 4.85. The van der Waals surface area contributed by atoms with Crippen LogP contribution in [0.4, 0.5) is 4.39 Å². The van der Waals surface area contributed by atoms with Gasteiger partial charge in [0.1, 0.15) is 11.5 Å². The van der Waals surface area contributed by atoms with E-state index < -0.39 is 10.0 Å². The number of aromatic amines is 1. The molecule has 312 valence electrons. The van der Waals surface area contributed by atoms with Crippen molar-refractivity contribution in [3.05, 3.63) is 124 Å². The van der Waals surface area contributed by atoms with Gasteiger partial charge in [0.25, 0.3) is 0 Å². The number of aromatic nitrogens is 3. The van der Waals surface area contributed by atoms with Crippen LogP contribution in [0.2, 0.25) is 0 Å². The Bertz CT molecular complexity index is 2300. The lowest BCUT2D eigenvalue weighted by atomic mass is 9.87. The monoisotopic (exact) mass is 813 g/mol. The van der Waals surface area contributed by atoms with E-state index in [9.17, 15) is 17.6 Å². The number of guanidine groups is 1. The molecule has 0 amide bonds. The van der Waals surface area contributed by atoms with E-state index in [0.717, 1.165) is 78.9 Å². The molecule has 1 aliphatic heterocycles. The van der Waals surface area contributed by atoms with Crippen molar-refractivity contribution in [2.75, 3.05) is 32.7 Å². The Labute approximate surface area is 342 Å². The number of sulfonamides is 1. The van der Waals surface area contributed by atoms with Crippen LogP contribution in [0.1, 0.15) is 83.2 Å². The first kappa shape index (κ1) is 44.2. The van der Waals surface area contributed by atoms with Gasteiger partial charge in [-0.3, -0.25) is 9.56 Å². The first-order chi connectivity index (χ1) is 27.4. The summed E-state index contributed by atoms with van der Waals surface area (Å²) in [5.41, 5.74) is 15.7. The third-order valence-corrected chi connectivity index (χ3v) is 12.2. The third-order valence-electron chi connectivity index (χ3n) is 10.2. The number of nitrogens with one attached hydrogen (secondary N) is 3. The van der Waals surface area contributed by atoms with Gasteiger partial charge < -0.3 is 27.1 Å². The number of nitrogens with zero attached hydrogens (tertiary/aromatic N) is 4. The van der Waals surface area contributed by atoms with E-state index in [4.69, 9.17) is 11.5 Å². The van der Waals surface area contributed by atoms with Crippen LogP contribution in [-0.2, 0) is 33.8 Å². The summed E-state index contributed by atoms with van der Waals surface area (Å²) < 4.78 is 43.7. The van der Waals surface area contributed by atoms with Gasteiger partial charge in [0.05, 0.1) is 10.6 Å². The number of aliphatic imine (C=N–C) groups is 1. The molecule has 12 nitrogen and oxygen atoms in total. The van der Waals surface area contributed by atoms with Crippen LogP contribution in [0.15, 0.2) is 99.7 Å². The minimum absolute atomic E-state index is 0.0278. The maximum Gasteiger partial charge on any atom is 0.354 e. The molecular weight excluding hydrogens is 754 g/mol. The van der Waals surface area contributed by atoms with Crippen molar-refractivity contribution < 1.29 is 12.8 Å². The number of benzene rings is 3. The Kier molecular flexibility index (Phi) is 14.7. The number of halogens is 1. The lowest BCUT2D eigenvalue weighted by molar-refractivity contribution is 0.264. The first-order valence-corrected chi connectivity index (χ1v) is 21.4. The highest BCUT2D eigenvalue weighted by Crippen LogP contribution is 2.29. The van der Waals surface area contributed by atoms with Crippen molar-refractivity contribution in [3.63, 3.8) is 0 Å². The number of H-pyrrole nitrogens is 1. The largest absolute Gasteiger partial charge is 0.370 e. The van der Waals surface area contributed by atoms with E-state index in [2.05, 4.69) is 73.2 Å². The van der Waals surface area contributed by atoms with Gasteiger partial charge in [0.15, 0.2) is 5.96 Å². The molecule has 0 saturated carbocycles. The lowest BCUT2D eigenvalue weighted by Crippen LogP contribution is -2.46. The van der Waals surface area contributed by atoms with Crippen LogP contribution < -0.4 is 27.8 Å². The SMILES string of the molecule is CC(C)(C)c1cc2cn(-c3ccc(CNCCCN=C(N)N)cc3)c(=O)nc2[nH]1.CC(C)(C)c1cccc(S(=O)(=O)N(CCc2ccc(F)cc2)C2CCNCC2)c1. The molecule has 0 unspecified atom stereocenters. The summed E-state index contributed by atoms with van der Waals surface area (Å²) in [6.45, 7) is 16.8. The van der Waals surface area contributed by atoms with Crippen molar-refractivity contribution in [1.29, 1.82) is 0 Å². The van der Waals surface area contributed by atoms with Gasteiger partial charge >= 0.3 is 5.69 Å². The van der Waals surface area contributed by atoms with E-state index in [1.54, 1.807) is 33.1 Å². The van der Waals surface area contributed by atoms with Gasteiger partial charge in [0, 0.05) is 48.4 Å². The summed E-state index contributed by atoms with van der Waals surface area (Å²) in [6, 6.07) is 23.5. The van der Waals surface area contributed by atoms with E-state index in [0.29, 0.717) is 30.1 Å². The van der Waals surface area contributed by atoms with E-state index in [-0.39, 0.29) is 34.3 Å². The molecule has 1 fully saturated rings. The van der Waals surface area contributed by atoms with Gasteiger partial charge in [-0.05, 0) is 110 Å². The van der Waals surface area contributed by atoms with Crippen LogP contribution in [0.25, 0.3) is 16.7 Å². The highest BCUT2D eigenvalue weighted by Gasteiger charge is 2.33. The minimum Gasteiger partial charge on any atom is -0.370 e. The molecule has 3 aromatic carbocycles. The van der Waals surface area contributed by atoms with Crippen LogP contribution in [0, 0.1) is 5.82 Å². The molecule has 6 rings (SSSR count). The zero-order chi connectivity index (χ0) is 42.1. The molecule has 14 heteroatoms. The second-order valence-electron chi connectivity index (χ2n) is 16.9. The summed E-state index contributed by atoms with van der Waals surface area (Å²) >= 11 is 0. The molecule has 0 aliphatic carbocycles. The smallest absolute Gasteiger partial charge is 0.354 e. The van der Waals surface area contributed by atoms with Crippen molar-refractivity contribution in [1.82, 2.24) is 29.5 Å². The fourth-order valence-corrected chi connectivity index (χ4v) is 8.48. The quantitative estimate of drug-likeness (QED) is 0.0557. The fourth-order valence-electron chi connectivity index (χ4n) is 6.75. The highest BCUT2D eigenvalue weighted by atomic mass is 32.2.